The number of hydrogen-bond acceptors (Lipinski definition) is 6. The molecule has 10 heteroatoms. The summed E-state index contributed by atoms with van der Waals surface area (Å²) in [6.45, 7) is 0.899. The molecule has 0 aromatic carbocycles. The topological polar surface area (TPSA) is 87.1 Å². The zero-order chi connectivity index (χ0) is 21.4. The molecule has 4 aromatic heterocycles. The van der Waals surface area contributed by atoms with Gasteiger partial charge in [0, 0.05) is 67.0 Å². The lowest BCUT2D eigenvalue weighted by molar-refractivity contribution is 0.0566. The van der Waals surface area contributed by atoms with Crippen molar-refractivity contribution in [2.24, 2.45) is 0 Å². The van der Waals surface area contributed by atoms with Crippen LogP contribution >= 0.6 is 0 Å². The van der Waals surface area contributed by atoms with E-state index in [2.05, 4.69) is 31.5 Å². The van der Waals surface area contributed by atoms with E-state index in [0.29, 0.717) is 26.9 Å². The monoisotopic (exact) mass is 420 g/mol. The van der Waals surface area contributed by atoms with Crippen molar-refractivity contribution < 1.29 is 8.78 Å². The number of pyridine rings is 2. The minimum Gasteiger partial charge on any atom is -0.354 e. The summed E-state index contributed by atoms with van der Waals surface area (Å²) in [7, 11) is 0. The molecule has 4 aromatic rings. The van der Waals surface area contributed by atoms with Crippen LogP contribution in [0.3, 0.4) is 0 Å². The number of alkyl halides is 2. The first-order valence-corrected chi connectivity index (χ1v) is 9.80. The second kappa shape index (κ2) is 7.77. The number of rotatable bonds is 4. The van der Waals surface area contributed by atoms with Gasteiger partial charge in [-0.1, -0.05) is 0 Å². The summed E-state index contributed by atoms with van der Waals surface area (Å²) >= 11 is 0. The Morgan fingerprint density at radius 3 is 2.52 bits per heavy atom. The number of halogens is 2. The number of nitrogens with one attached hydrogen (secondary N) is 1. The Morgan fingerprint density at radius 2 is 1.84 bits per heavy atom. The smallest absolute Gasteiger partial charge is 0.333 e. The van der Waals surface area contributed by atoms with E-state index < -0.39 is 6.55 Å². The molecule has 0 saturated carbocycles. The number of anilines is 1. The van der Waals surface area contributed by atoms with Gasteiger partial charge in [-0.3, -0.25) is 0 Å². The fourth-order valence-electron chi connectivity index (χ4n) is 3.80. The molecule has 1 aliphatic heterocycles. The summed E-state index contributed by atoms with van der Waals surface area (Å²) < 4.78 is 28.1. The molecule has 31 heavy (non-hydrogen) atoms. The predicted octanol–water partition coefficient (Wildman–Crippen LogP) is 2.94. The van der Waals surface area contributed by atoms with Crippen molar-refractivity contribution in [3.05, 3.63) is 54.7 Å². The lowest BCUT2D eigenvalue weighted by atomic mass is 10.0. The molecule has 8 nitrogen and oxygen atoms in total. The van der Waals surface area contributed by atoms with E-state index >= 15 is 0 Å². The Labute approximate surface area is 176 Å². The van der Waals surface area contributed by atoms with E-state index in [1.54, 1.807) is 16.9 Å². The van der Waals surface area contributed by atoms with Gasteiger partial charge >= 0.3 is 6.55 Å². The van der Waals surface area contributed by atoms with Crippen LogP contribution in [0.1, 0.15) is 12.1 Å². The van der Waals surface area contributed by atoms with Crippen molar-refractivity contribution in [2.75, 3.05) is 31.1 Å². The average molecular weight is 420 g/mol. The highest BCUT2D eigenvalue weighted by Crippen LogP contribution is 2.32. The van der Waals surface area contributed by atoms with Crippen LogP contribution in [-0.2, 0) is 0 Å². The Hall–Kier alpha value is -3.84. The quantitative estimate of drug-likeness (QED) is 0.546. The van der Waals surface area contributed by atoms with Crippen molar-refractivity contribution in [1.29, 1.82) is 5.26 Å². The molecule has 0 spiro atoms. The zero-order valence-electron chi connectivity index (χ0n) is 16.4. The summed E-state index contributed by atoms with van der Waals surface area (Å²) in [6, 6.07) is 7.94. The van der Waals surface area contributed by atoms with E-state index in [-0.39, 0.29) is 0 Å². The Kier molecular flexibility index (Phi) is 4.80. The van der Waals surface area contributed by atoms with Crippen LogP contribution in [0.2, 0.25) is 0 Å². The van der Waals surface area contributed by atoms with E-state index in [1.165, 1.54) is 18.6 Å². The summed E-state index contributed by atoms with van der Waals surface area (Å²) in [5.74, 6) is 0.893. The van der Waals surface area contributed by atoms with E-state index in [1.807, 2.05) is 18.2 Å². The zero-order valence-corrected chi connectivity index (χ0v) is 16.4. The van der Waals surface area contributed by atoms with Crippen molar-refractivity contribution in [1.82, 2.24) is 29.7 Å². The summed E-state index contributed by atoms with van der Waals surface area (Å²) in [4.78, 5) is 6.84. The molecule has 156 valence electrons. The third kappa shape index (κ3) is 3.49. The van der Waals surface area contributed by atoms with Crippen LogP contribution in [0.5, 0.6) is 0 Å². The highest BCUT2D eigenvalue weighted by Gasteiger charge is 2.17. The van der Waals surface area contributed by atoms with Crippen LogP contribution in [0.4, 0.5) is 14.6 Å². The fourth-order valence-corrected chi connectivity index (χ4v) is 3.80. The molecular formula is C21H18F2N8. The molecule has 0 atom stereocenters. The number of nitrogens with zero attached hydrogens (tertiary/aromatic N) is 7. The van der Waals surface area contributed by atoms with Gasteiger partial charge < -0.3 is 10.2 Å². The van der Waals surface area contributed by atoms with Crippen molar-refractivity contribution in [2.45, 2.75) is 6.55 Å². The van der Waals surface area contributed by atoms with Crippen LogP contribution < -0.4 is 10.2 Å². The number of nitriles is 1. The third-order valence-electron chi connectivity index (χ3n) is 5.37. The molecule has 5 heterocycles. The SMILES string of the molecule is N#Cc1cnn2cc(-c3cnn(C(F)F)c3)cc(-c3ccc(N4CCNCC4)nc3)c12. The maximum atomic E-state index is 13.0. The fraction of sp³-hybridized carbons (Fsp3) is 0.238. The van der Waals surface area contributed by atoms with E-state index in [9.17, 15) is 14.0 Å². The minimum absolute atomic E-state index is 0.427. The summed E-state index contributed by atoms with van der Waals surface area (Å²) in [5, 5.41) is 20.9. The largest absolute Gasteiger partial charge is 0.354 e. The number of hydrogen-bond donors (Lipinski definition) is 1. The lowest BCUT2D eigenvalue weighted by Gasteiger charge is -2.28. The molecule has 0 aliphatic carbocycles. The lowest BCUT2D eigenvalue weighted by Crippen LogP contribution is -2.43. The van der Waals surface area contributed by atoms with Crippen molar-refractivity contribution >= 4 is 11.3 Å². The molecule has 5 rings (SSSR count). The normalized spacial score (nSPS) is 14.3. The predicted molar refractivity (Wildman–Crippen MR) is 111 cm³/mol. The first-order valence-electron chi connectivity index (χ1n) is 9.80. The van der Waals surface area contributed by atoms with Gasteiger partial charge in [-0.15, -0.1) is 0 Å². The van der Waals surface area contributed by atoms with Crippen LogP contribution in [-0.4, -0.2) is 50.6 Å². The van der Waals surface area contributed by atoms with Gasteiger partial charge in [0.05, 0.1) is 23.5 Å². The van der Waals surface area contributed by atoms with Gasteiger partial charge in [-0.05, 0) is 18.2 Å². The molecular weight excluding hydrogens is 402 g/mol. The first kappa shape index (κ1) is 19.1. The second-order valence-corrected chi connectivity index (χ2v) is 7.23. The number of aromatic nitrogens is 5. The minimum atomic E-state index is -2.71. The molecule has 0 unspecified atom stereocenters. The van der Waals surface area contributed by atoms with Crippen molar-refractivity contribution in [3.8, 4) is 28.3 Å². The highest BCUT2D eigenvalue weighted by molar-refractivity contribution is 5.87. The third-order valence-corrected chi connectivity index (χ3v) is 5.37. The van der Waals surface area contributed by atoms with Crippen molar-refractivity contribution in [3.63, 3.8) is 0 Å². The molecule has 0 amide bonds. The van der Waals surface area contributed by atoms with Gasteiger partial charge in [-0.25, -0.2) is 14.2 Å². The highest BCUT2D eigenvalue weighted by atomic mass is 19.3. The second-order valence-electron chi connectivity index (χ2n) is 7.23. The first-order chi connectivity index (χ1) is 15.1. The molecule has 0 bridgehead atoms. The number of piperazine rings is 1. The Bertz CT molecular complexity index is 1260. The molecule has 1 aliphatic rings. The van der Waals surface area contributed by atoms with E-state index in [4.69, 9.17) is 0 Å². The maximum Gasteiger partial charge on any atom is 0.333 e. The van der Waals surface area contributed by atoms with Gasteiger partial charge in [0.15, 0.2) is 0 Å². The molecule has 1 saturated heterocycles. The van der Waals surface area contributed by atoms with Gasteiger partial charge in [-0.2, -0.15) is 24.2 Å². The standard InChI is InChI=1S/C21H18F2N8/c22-21(23)31-13-17(11-28-31)15-7-18(20-16(8-24)10-27-30(20)12-15)14-1-2-19(26-9-14)29-5-3-25-4-6-29/h1-2,7,9-13,21,25H,3-6H2. The van der Waals surface area contributed by atoms with Gasteiger partial charge in [0.1, 0.15) is 11.9 Å². The van der Waals surface area contributed by atoms with Crippen LogP contribution in [0.25, 0.3) is 27.8 Å². The molecule has 1 N–H and O–H groups in total. The molecule has 0 radical (unpaired) electrons. The Balaban J connectivity index is 1.60. The average Bonchev–Trinajstić information content (AvgIpc) is 3.47. The maximum absolute atomic E-state index is 13.0. The number of fused-ring (bicyclic) bond motifs is 1. The van der Waals surface area contributed by atoms with Crippen LogP contribution in [0.15, 0.2) is 49.2 Å². The summed E-state index contributed by atoms with van der Waals surface area (Å²) in [5.41, 5.74) is 3.82. The van der Waals surface area contributed by atoms with Crippen LogP contribution in [0, 0.1) is 11.3 Å². The Morgan fingerprint density at radius 1 is 1.00 bits per heavy atom. The molecule has 1 fully saturated rings. The van der Waals surface area contributed by atoms with E-state index in [0.717, 1.165) is 43.1 Å². The summed E-state index contributed by atoms with van der Waals surface area (Å²) in [6.07, 6.45) is 7.64. The van der Waals surface area contributed by atoms with Gasteiger partial charge in [0.2, 0.25) is 0 Å². The van der Waals surface area contributed by atoms with Gasteiger partial charge in [0.25, 0.3) is 0 Å².